The summed E-state index contributed by atoms with van der Waals surface area (Å²) in [6.45, 7) is 0. The largest absolute Gasteiger partial charge is 0.260 e. The third-order valence-electron chi connectivity index (χ3n) is 5.02. The van der Waals surface area contributed by atoms with E-state index in [1.165, 1.54) is 27.8 Å². The molecule has 0 N–H and O–H groups in total. The maximum atomic E-state index is 4.83. The van der Waals surface area contributed by atoms with Crippen molar-refractivity contribution in [1.29, 1.82) is 0 Å². The molecular weight excluding hydrogens is 302 g/mol. The second-order valence-corrected chi connectivity index (χ2v) is 6.45. The zero-order chi connectivity index (χ0) is 16.6. The summed E-state index contributed by atoms with van der Waals surface area (Å²) in [7, 11) is 0. The summed E-state index contributed by atoms with van der Waals surface area (Å²) in [5.41, 5.74) is 8.83. The van der Waals surface area contributed by atoms with E-state index in [4.69, 9.17) is 4.98 Å². The summed E-state index contributed by atoms with van der Waals surface area (Å²) < 4.78 is 0. The molecular formula is C24H17N. The van der Waals surface area contributed by atoms with Gasteiger partial charge in [-0.1, -0.05) is 84.9 Å². The van der Waals surface area contributed by atoms with Crippen molar-refractivity contribution >= 4 is 0 Å². The maximum absolute atomic E-state index is 4.83. The molecule has 0 bridgehead atoms. The highest BCUT2D eigenvalue weighted by Crippen LogP contribution is 2.47. The average Bonchev–Trinajstić information content (AvgIpc) is 3.03. The van der Waals surface area contributed by atoms with Crippen LogP contribution < -0.4 is 0 Å². The first kappa shape index (κ1) is 14.2. The molecule has 0 amide bonds. The van der Waals surface area contributed by atoms with Gasteiger partial charge < -0.3 is 0 Å². The van der Waals surface area contributed by atoms with Crippen LogP contribution in [0.1, 0.15) is 22.7 Å². The van der Waals surface area contributed by atoms with E-state index in [0.717, 1.165) is 11.3 Å². The molecule has 0 saturated carbocycles. The van der Waals surface area contributed by atoms with Gasteiger partial charge in [-0.2, -0.15) is 0 Å². The van der Waals surface area contributed by atoms with Crippen LogP contribution in [0.3, 0.4) is 0 Å². The Morgan fingerprint density at radius 2 is 1.12 bits per heavy atom. The lowest BCUT2D eigenvalue weighted by Crippen LogP contribution is -2.01. The third-order valence-corrected chi connectivity index (χ3v) is 5.02. The van der Waals surface area contributed by atoms with Crippen LogP contribution in [0.4, 0.5) is 0 Å². The van der Waals surface area contributed by atoms with E-state index in [1.54, 1.807) is 0 Å². The minimum absolute atomic E-state index is 0.220. The highest BCUT2D eigenvalue weighted by molar-refractivity contribution is 5.80. The molecule has 0 saturated heterocycles. The maximum Gasteiger partial charge on any atom is 0.0525 e. The topological polar surface area (TPSA) is 12.9 Å². The molecule has 1 aliphatic rings. The van der Waals surface area contributed by atoms with Crippen molar-refractivity contribution in [3.05, 3.63) is 114 Å². The molecule has 1 nitrogen and oxygen atoms in total. The van der Waals surface area contributed by atoms with E-state index >= 15 is 0 Å². The summed E-state index contributed by atoms with van der Waals surface area (Å²) in [4.78, 5) is 4.83. The van der Waals surface area contributed by atoms with E-state index in [2.05, 4.69) is 84.9 Å². The van der Waals surface area contributed by atoms with Crippen LogP contribution in [0, 0.1) is 0 Å². The summed E-state index contributed by atoms with van der Waals surface area (Å²) in [6.07, 6.45) is 1.99. The standard InChI is InChI=1S/C24H17N/c1-2-8-17(9-3-1)18-14-15-23(25-16-18)24-21-12-6-4-10-19(21)20-11-5-7-13-22(20)24/h1-16,24H. The molecule has 0 spiro atoms. The van der Waals surface area contributed by atoms with E-state index in [0.29, 0.717) is 0 Å². The van der Waals surface area contributed by atoms with Crippen molar-refractivity contribution in [3.8, 4) is 22.3 Å². The summed E-state index contributed by atoms with van der Waals surface area (Å²) >= 11 is 0. The van der Waals surface area contributed by atoms with E-state index < -0.39 is 0 Å². The second-order valence-electron chi connectivity index (χ2n) is 6.45. The number of hydrogen-bond acceptors (Lipinski definition) is 1. The van der Waals surface area contributed by atoms with Crippen molar-refractivity contribution in [1.82, 2.24) is 4.98 Å². The van der Waals surface area contributed by atoms with E-state index in [9.17, 15) is 0 Å². The predicted molar refractivity (Wildman–Crippen MR) is 102 cm³/mol. The van der Waals surface area contributed by atoms with Crippen molar-refractivity contribution in [2.75, 3.05) is 0 Å². The number of hydrogen-bond donors (Lipinski definition) is 0. The van der Waals surface area contributed by atoms with Gasteiger partial charge in [0.2, 0.25) is 0 Å². The zero-order valence-corrected chi connectivity index (χ0v) is 13.8. The fourth-order valence-electron chi connectivity index (χ4n) is 3.85. The number of benzene rings is 3. The molecule has 0 atom stereocenters. The van der Waals surface area contributed by atoms with E-state index in [1.807, 2.05) is 12.3 Å². The van der Waals surface area contributed by atoms with Gasteiger partial charge in [-0.3, -0.25) is 4.98 Å². The summed E-state index contributed by atoms with van der Waals surface area (Å²) in [5, 5.41) is 0. The lowest BCUT2D eigenvalue weighted by atomic mass is 9.92. The Kier molecular flexibility index (Phi) is 3.24. The number of nitrogens with zero attached hydrogens (tertiary/aromatic N) is 1. The van der Waals surface area contributed by atoms with Crippen LogP contribution >= 0.6 is 0 Å². The number of fused-ring (bicyclic) bond motifs is 3. The van der Waals surface area contributed by atoms with Gasteiger partial charge in [-0.25, -0.2) is 0 Å². The average molecular weight is 319 g/mol. The number of pyridine rings is 1. The van der Waals surface area contributed by atoms with E-state index in [-0.39, 0.29) is 5.92 Å². The van der Waals surface area contributed by atoms with Crippen molar-refractivity contribution in [2.24, 2.45) is 0 Å². The molecule has 0 fully saturated rings. The number of aromatic nitrogens is 1. The SMILES string of the molecule is c1ccc(-c2ccc(C3c4ccccc4-c4ccccc43)nc2)cc1. The molecule has 1 heteroatoms. The molecule has 1 aromatic heterocycles. The smallest absolute Gasteiger partial charge is 0.0525 e. The number of rotatable bonds is 2. The van der Waals surface area contributed by atoms with Gasteiger partial charge in [0.1, 0.15) is 0 Å². The summed E-state index contributed by atoms with van der Waals surface area (Å²) in [5.74, 6) is 0.220. The van der Waals surface area contributed by atoms with Crippen molar-refractivity contribution in [3.63, 3.8) is 0 Å². The Labute approximate surface area is 147 Å². The molecule has 118 valence electrons. The van der Waals surface area contributed by atoms with Crippen molar-refractivity contribution < 1.29 is 0 Å². The highest BCUT2D eigenvalue weighted by Gasteiger charge is 2.29. The van der Waals surface area contributed by atoms with Gasteiger partial charge in [0, 0.05) is 11.8 Å². The Hall–Kier alpha value is -3.19. The molecule has 0 aliphatic heterocycles. The normalized spacial score (nSPS) is 12.6. The predicted octanol–water partition coefficient (Wildman–Crippen LogP) is 5.91. The Balaban J connectivity index is 1.62. The molecule has 1 aliphatic carbocycles. The first-order valence-electron chi connectivity index (χ1n) is 8.61. The molecule has 1 heterocycles. The Morgan fingerprint density at radius 1 is 0.520 bits per heavy atom. The van der Waals surface area contributed by atoms with Gasteiger partial charge in [0.15, 0.2) is 0 Å². The van der Waals surface area contributed by atoms with Crippen molar-refractivity contribution in [2.45, 2.75) is 5.92 Å². The van der Waals surface area contributed by atoms with Crippen LogP contribution in [-0.2, 0) is 0 Å². The van der Waals surface area contributed by atoms with Gasteiger partial charge in [-0.05, 0) is 33.9 Å². The van der Waals surface area contributed by atoms with Gasteiger partial charge in [0.25, 0.3) is 0 Å². The first-order valence-corrected chi connectivity index (χ1v) is 8.61. The van der Waals surface area contributed by atoms with Crippen LogP contribution in [0.5, 0.6) is 0 Å². The lowest BCUT2D eigenvalue weighted by molar-refractivity contribution is 0.946. The van der Waals surface area contributed by atoms with Crippen LogP contribution in [-0.4, -0.2) is 4.98 Å². The third kappa shape index (κ3) is 2.28. The van der Waals surface area contributed by atoms with Crippen LogP contribution in [0.25, 0.3) is 22.3 Å². The quantitative estimate of drug-likeness (QED) is 0.394. The molecule has 0 radical (unpaired) electrons. The lowest BCUT2D eigenvalue weighted by Gasteiger charge is -2.14. The second kappa shape index (κ2) is 5.71. The van der Waals surface area contributed by atoms with Gasteiger partial charge in [0.05, 0.1) is 11.6 Å². The summed E-state index contributed by atoms with van der Waals surface area (Å²) in [6, 6.07) is 32.1. The van der Waals surface area contributed by atoms with Crippen LogP contribution in [0.15, 0.2) is 97.2 Å². The fourth-order valence-corrected chi connectivity index (χ4v) is 3.85. The van der Waals surface area contributed by atoms with Gasteiger partial charge >= 0.3 is 0 Å². The Bertz CT molecular complexity index is 987. The molecule has 25 heavy (non-hydrogen) atoms. The first-order chi connectivity index (χ1) is 12.4. The van der Waals surface area contributed by atoms with Crippen LogP contribution in [0.2, 0.25) is 0 Å². The minimum Gasteiger partial charge on any atom is -0.260 e. The Morgan fingerprint density at radius 3 is 1.72 bits per heavy atom. The zero-order valence-electron chi connectivity index (χ0n) is 13.8. The van der Waals surface area contributed by atoms with Gasteiger partial charge in [-0.15, -0.1) is 0 Å². The molecule has 4 aromatic rings. The fraction of sp³-hybridized carbons (Fsp3) is 0.0417. The highest BCUT2D eigenvalue weighted by atomic mass is 14.7. The molecule has 5 rings (SSSR count). The minimum atomic E-state index is 0.220. The monoisotopic (exact) mass is 319 g/mol. The molecule has 0 unspecified atom stereocenters. The molecule has 3 aromatic carbocycles.